The number of carbonyl (C=O) groups is 8. The lowest BCUT2D eigenvalue weighted by Crippen LogP contribution is -2.36. The van der Waals surface area contributed by atoms with Crippen molar-refractivity contribution in [1.29, 1.82) is 0 Å². The van der Waals surface area contributed by atoms with Crippen LogP contribution in [0.5, 0.6) is 0 Å². The summed E-state index contributed by atoms with van der Waals surface area (Å²) in [4.78, 5) is 126. The van der Waals surface area contributed by atoms with Gasteiger partial charge in [0.1, 0.15) is 23.1 Å². The second-order valence-electron chi connectivity index (χ2n) is 17.2. The van der Waals surface area contributed by atoms with Crippen molar-refractivity contribution in [1.82, 2.24) is 15.7 Å². The molecule has 4 rings (SSSR count). The highest BCUT2D eigenvalue weighted by atomic mass is 32.2. The van der Waals surface area contributed by atoms with Crippen LogP contribution in [0.2, 0.25) is 0 Å². The van der Waals surface area contributed by atoms with Crippen LogP contribution in [0.15, 0.2) is 18.2 Å². The molecule has 2 N–H and O–H groups in total. The summed E-state index contributed by atoms with van der Waals surface area (Å²) < 4.78 is 0. The Labute approximate surface area is 377 Å². The number of amides is 4. The van der Waals surface area contributed by atoms with E-state index in [0.29, 0.717) is 86.5 Å². The maximum absolute atomic E-state index is 13.1. The van der Waals surface area contributed by atoms with Gasteiger partial charge in [-0.1, -0.05) is 44.9 Å². The number of nitro groups is 2. The first-order valence-corrected chi connectivity index (χ1v) is 24.0. The first-order chi connectivity index (χ1) is 30.7. The summed E-state index contributed by atoms with van der Waals surface area (Å²) in [6, 6.07) is 3.91. The number of hydrogen-bond donors (Lipinski definition) is 2. The molecule has 4 atom stereocenters. The summed E-state index contributed by atoms with van der Waals surface area (Å²) in [5.41, 5.74) is -0.153. The quantitative estimate of drug-likeness (QED) is 0.0221. The first kappa shape index (κ1) is 51.6. The number of nitro benzene ring substituents is 2. The molecule has 18 nitrogen and oxygen atoms in total. The summed E-state index contributed by atoms with van der Waals surface area (Å²) in [6.45, 7) is 0. The number of benzene rings is 1. The zero-order valence-electron chi connectivity index (χ0n) is 36.7. The molecule has 0 spiro atoms. The van der Waals surface area contributed by atoms with Crippen molar-refractivity contribution < 1.29 is 53.0 Å². The molecule has 3 saturated heterocycles. The third-order valence-electron chi connectivity index (χ3n) is 12.1. The topological polar surface area (TPSA) is 259 Å². The van der Waals surface area contributed by atoms with Crippen LogP contribution in [0, 0.1) is 26.1 Å². The van der Waals surface area contributed by atoms with Crippen LogP contribution in [-0.2, 0) is 44.8 Å². The number of ketones is 4. The van der Waals surface area contributed by atoms with Gasteiger partial charge in [0.25, 0.3) is 23.2 Å². The Morgan fingerprint density at radius 2 is 1.17 bits per heavy atom. The molecule has 3 heterocycles. The lowest BCUT2D eigenvalue weighted by atomic mass is 9.92. The van der Waals surface area contributed by atoms with Crippen LogP contribution in [0.25, 0.3) is 0 Å². The lowest BCUT2D eigenvalue weighted by molar-refractivity contribution is -0.394. The van der Waals surface area contributed by atoms with Crippen molar-refractivity contribution in [3.8, 4) is 0 Å². The highest BCUT2D eigenvalue weighted by Crippen LogP contribution is 2.33. The number of rotatable bonds is 34. The number of aryl methyl sites for hydroxylation is 1. The average Bonchev–Trinajstić information content (AvgIpc) is 3.92. The van der Waals surface area contributed by atoms with Gasteiger partial charge in [-0.15, -0.1) is 5.06 Å². The van der Waals surface area contributed by atoms with Gasteiger partial charge < -0.3 is 15.5 Å². The number of hydrogen-bond acceptors (Lipinski definition) is 14. The summed E-state index contributed by atoms with van der Waals surface area (Å²) in [5, 5.41) is 29.0. The summed E-state index contributed by atoms with van der Waals surface area (Å²) in [6.07, 6.45) is 12.9. The molecule has 0 aliphatic carbocycles. The lowest BCUT2D eigenvalue weighted by Gasteiger charge is -2.18. The van der Waals surface area contributed by atoms with Gasteiger partial charge in [0.2, 0.25) is 0 Å². The van der Waals surface area contributed by atoms with E-state index in [2.05, 4.69) is 10.6 Å². The van der Waals surface area contributed by atoms with Crippen LogP contribution in [0.4, 0.5) is 16.2 Å². The fourth-order valence-corrected chi connectivity index (χ4v) is 9.95. The van der Waals surface area contributed by atoms with Gasteiger partial charge in [-0.05, 0) is 63.9 Å². The van der Waals surface area contributed by atoms with Crippen molar-refractivity contribution in [2.24, 2.45) is 5.92 Å². The number of urea groups is 1. The molecule has 0 saturated carbocycles. The monoisotopic (exact) mass is 913 g/mol. The van der Waals surface area contributed by atoms with E-state index in [4.69, 9.17) is 4.84 Å². The second kappa shape index (κ2) is 27.3. The van der Waals surface area contributed by atoms with Gasteiger partial charge in [0.05, 0.1) is 33.9 Å². The molecule has 3 aliphatic rings. The SMILES string of the molecule is O=C(CCCCCCC(=O)CC(CC(=O)CCCCCCC(=O)CCCCC1SC[C@@H]2NC(=O)N[C@H]12)C(=O)ON1C(=O)CCC1=O)CCCCCCc1ccc([N+](=O)[O-])cc1[N+](=O)[O-]. The Morgan fingerprint density at radius 1 is 0.672 bits per heavy atom. The number of non-ortho nitro benzene ring substituents is 1. The largest absolute Gasteiger partial charge is 0.337 e. The van der Waals surface area contributed by atoms with Crippen LogP contribution in [0.1, 0.15) is 166 Å². The number of carbonyl (C=O) groups excluding carboxylic acids is 8. The fourth-order valence-electron chi connectivity index (χ4n) is 8.41. The van der Waals surface area contributed by atoms with Gasteiger partial charge in [0, 0.05) is 86.8 Å². The molecule has 4 amide bonds. The fraction of sp³-hybridized carbons (Fsp3) is 0.689. The van der Waals surface area contributed by atoms with Crippen molar-refractivity contribution in [3.05, 3.63) is 44.0 Å². The maximum Gasteiger partial charge on any atom is 0.337 e. The Kier molecular flexibility index (Phi) is 22.0. The number of imide groups is 1. The number of Topliss-reactive ketones (excluding diaryl/α,β-unsaturated/α-hetero) is 4. The molecule has 1 aromatic rings. The molecule has 0 radical (unpaired) electrons. The highest BCUT2D eigenvalue weighted by molar-refractivity contribution is 8.00. The van der Waals surface area contributed by atoms with Gasteiger partial charge in [-0.2, -0.15) is 11.8 Å². The van der Waals surface area contributed by atoms with Crippen molar-refractivity contribution in [2.45, 2.75) is 184 Å². The summed E-state index contributed by atoms with van der Waals surface area (Å²) >= 11 is 1.87. The van der Waals surface area contributed by atoms with E-state index in [1.54, 1.807) is 0 Å². The summed E-state index contributed by atoms with van der Waals surface area (Å²) in [5.74, 6) is -2.63. The zero-order valence-corrected chi connectivity index (χ0v) is 37.5. The molecule has 3 fully saturated rings. The van der Waals surface area contributed by atoms with E-state index >= 15 is 0 Å². The summed E-state index contributed by atoms with van der Waals surface area (Å²) in [7, 11) is 0. The molecule has 19 heteroatoms. The number of nitrogens with zero attached hydrogens (tertiary/aromatic N) is 3. The van der Waals surface area contributed by atoms with Crippen LogP contribution < -0.4 is 10.6 Å². The van der Waals surface area contributed by atoms with Crippen molar-refractivity contribution in [2.75, 3.05) is 5.75 Å². The second-order valence-corrected chi connectivity index (χ2v) is 18.5. The number of thioether (sulfide) groups is 1. The Hall–Kier alpha value is -5.07. The van der Waals surface area contributed by atoms with E-state index in [0.717, 1.165) is 69.6 Å². The standard InChI is InChI=1S/C45H63N5O13S/c51-34(16-8-2-1-7-15-31-23-24-33(49(59)60)29-39(31)50(61)62)17-9-3-5-11-20-36(53)27-32(44(57)63-48-41(55)25-26-42(48)56)28-37(54)21-12-6-4-10-18-35(52)19-13-14-22-40-43-38(30-64-40)46-45(58)47-43/h23-24,29,32,38,40,43H,1-22,25-28,30H2,(H2,46,47,58)/t32?,38-,40?,43-/m0/s1. The van der Waals surface area contributed by atoms with Gasteiger partial charge in [-0.3, -0.25) is 49.0 Å². The molecule has 0 bridgehead atoms. The van der Waals surface area contributed by atoms with E-state index in [1.165, 1.54) is 12.1 Å². The van der Waals surface area contributed by atoms with Crippen molar-refractivity contribution >= 4 is 70.1 Å². The highest BCUT2D eigenvalue weighted by Gasteiger charge is 2.42. The van der Waals surface area contributed by atoms with Gasteiger partial charge in [0.15, 0.2) is 0 Å². The van der Waals surface area contributed by atoms with Crippen LogP contribution in [-0.4, -0.2) is 84.9 Å². The number of fused-ring (bicyclic) bond motifs is 1. The van der Waals surface area contributed by atoms with Gasteiger partial charge in [-0.25, -0.2) is 9.59 Å². The number of unbranched alkanes of at least 4 members (excludes halogenated alkanes) is 10. The molecule has 1 aromatic carbocycles. The van der Waals surface area contributed by atoms with E-state index < -0.39 is 33.5 Å². The van der Waals surface area contributed by atoms with Crippen molar-refractivity contribution in [3.63, 3.8) is 0 Å². The van der Waals surface area contributed by atoms with Crippen LogP contribution in [0.3, 0.4) is 0 Å². The Balaban J connectivity index is 1.05. The average molecular weight is 914 g/mol. The third-order valence-corrected chi connectivity index (χ3v) is 13.6. The Morgan fingerprint density at radius 3 is 1.69 bits per heavy atom. The maximum atomic E-state index is 13.1. The first-order valence-electron chi connectivity index (χ1n) is 23.0. The minimum absolute atomic E-state index is 0.0872. The predicted octanol–water partition coefficient (Wildman–Crippen LogP) is 7.68. The molecule has 3 aliphatic heterocycles. The predicted molar refractivity (Wildman–Crippen MR) is 236 cm³/mol. The van der Waals surface area contributed by atoms with E-state index in [9.17, 15) is 58.6 Å². The number of hydroxylamine groups is 2. The Bertz CT molecular complexity index is 1840. The normalized spacial score (nSPS) is 18.3. The number of nitrogens with one attached hydrogen (secondary N) is 2. The zero-order chi connectivity index (χ0) is 46.4. The molecule has 2 unspecified atom stereocenters. The van der Waals surface area contributed by atoms with Crippen LogP contribution >= 0.6 is 11.8 Å². The molecule has 0 aromatic heterocycles. The molecular formula is C45H63N5O13S. The van der Waals surface area contributed by atoms with E-state index in [1.807, 2.05) is 11.8 Å². The van der Waals surface area contributed by atoms with Gasteiger partial charge >= 0.3 is 12.0 Å². The minimum Gasteiger partial charge on any atom is -0.332 e. The molecular weight excluding hydrogens is 851 g/mol. The third kappa shape index (κ3) is 17.8. The molecule has 64 heavy (non-hydrogen) atoms. The smallest absolute Gasteiger partial charge is 0.332 e. The molecule has 352 valence electrons. The minimum atomic E-state index is -1.14. The van der Waals surface area contributed by atoms with E-state index in [-0.39, 0.29) is 91.1 Å².